The fourth-order valence-corrected chi connectivity index (χ4v) is 4.18. The van der Waals surface area contributed by atoms with Crippen LogP contribution in [0.5, 0.6) is 0 Å². The predicted octanol–water partition coefficient (Wildman–Crippen LogP) is 3.41. The van der Waals surface area contributed by atoms with Crippen molar-refractivity contribution in [2.75, 3.05) is 23.3 Å². The number of fused-ring (bicyclic) bond motifs is 1. The van der Waals surface area contributed by atoms with Crippen LogP contribution in [0.3, 0.4) is 0 Å². The molecule has 2 heterocycles. The molecule has 1 unspecified atom stereocenters. The average molecular weight is 395 g/mol. The first-order chi connectivity index (χ1) is 14.1. The number of hydrogen-bond acceptors (Lipinski definition) is 3. The molecule has 2 aliphatic rings. The van der Waals surface area contributed by atoms with E-state index in [2.05, 4.69) is 15.7 Å². The van der Waals surface area contributed by atoms with Crippen LogP contribution >= 0.6 is 0 Å². The molecule has 0 radical (unpaired) electrons. The second-order valence-corrected chi connectivity index (χ2v) is 7.42. The number of benzene rings is 2. The number of rotatable bonds is 4. The third-order valence-electron chi connectivity index (χ3n) is 5.65. The van der Waals surface area contributed by atoms with Gasteiger partial charge < -0.3 is 15.5 Å². The van der Waals surface area contributed by atoms with Crippen molar-refractivity contribution < 1.29 is 13.6 Å². The van der Waals surface area contributed by atoms with E-state index in [1.54, 1.807) is 10.9 Å². The zero-order valence-electron chi connectivity index (χ0n) is 15.4. The number of para-hydroxylation sites is 2. The van der Waals surface area contributed by atoms with Crippen LogP contribution in [0.2, 0.25) is 0 Å². The molecule has 3 aromatic rings. The van der Waals surface area contributed by atoms with Crippen molar-refractivity contribution in [2.45, 2.75) is 6.04 Å². The average Bonchev–Trinajstić information content (AvgIpc) is 3.13. The second-order valence-electron chi connectivity index (χ2n) is 7.42. The standard InChI is InChI=1S/C21H19F2N5O/c22-13-6-7-18(16(23)10-13)27-11-14-15(12-27)20(14)26-21(29)25-17-4-1-2-5-19(17)28-9-3-8-24-28/h1-10,14-15,20H,11-12H2,(H2,25,26,29)/t14-,15+,20?. The van der Waals surface area contributed by atoms with E-state index in [1.165, 1.54) is 12.1 Å². The Labute approximate surface area is 166 Å². The zero-order chi connectivity index (χ0) is 20.0. The smallest absolute Gasteiger partial charge is 0.319 e. The van der Waals surface area contributed by atoms with Gasteiger partial charge >= 0.3 is 6.03 Å². The van der Waals surface area contributed by atoms with Gasteiger partial charge in [-0.2, -0.15) is 5.10 Å². The lowest BCUT2D eigenvalue weighted by Crippen LogP contribution is -2.37. The number of anilines is 2. The molecule has 2 aromatic carbocycles. The second kappa shape index (κ2) is 6.88. The summed E-state index contributed by atoms with van der Waals surface area (Å²) >= 11 is 0. The monoisotopic (exact) mass is 395 g/mol. The van der Waals surface area contributed by atoms with Crippen molar-refractivity contribution in [3.05, 3.63) is 72.6 Å². The van der Waals surface area contributed by atoms with E-state index < -0.39 is 11.6 Å². The number of nitrogens with one attached hydrogen (secondary N) is 2. The molecule has 6 nitrogen and oxygen atoms in total. The SMILES string of the molecule is O=C(Nc1ccccc1-n1cccn1)NC1[C@H]2CN(c3ccc(F)cc3F)C[C@@H]12. The number of hydrogen-bond donors (Lipinski definition) is 2. The zero-order valence-corrected chi connectivity index (χ0v) is 15.4. The largest absolute Gasteiger partial charge is 0.368 e. The van der Waals surface area contributed by atoms with Crippen LogP contribution in [0, 0.1) is 23.5 Å². The number of aromatic nitrogens is 2. The minimum atomic E-state index is -0.581. The highest BCUT2D eigenvalue weighted by atomic mass is 19.1. The summed E-state index contributed by atoms with van der Waals surface area (Å²) in [5.74, 6) is -0.593. The number of halogens is 2. The maximum Gasteiger partial charge on any atom is 0.319 e. The van der Waals surface area contributed by atoms with Crippen molar-refractivity contribution in [3.8, 4) is 5.69 Å². The van der Waals surface area contributed by atoms with Gasteiger partial charge in [0.25, 0.3) is 0 Å². The molecule has 8 heteroatoms. The molecule has 1 aliphatic heterocycles. The Bertz CT molecular complexity index is 1040. The van der Waals surface area contributed by atoms with Gasteiger partial charge in [-0.25, -0.2) is 18.3 Å². The van der Waals surface area contributed by atoms with Crippen molar-refractivity contribution in [3.63, 3.8) is 0 Å². The summed E-state index contributed by atoms with van der Waals surface area (Å²) in [7, 11) is 0. The molecular formula is C21H19F2N5O. The molecule has 1 saturated heterocycles. The van der Waals surface area contributed by atoms with Gasteiger partial charge in [-0.3, -0.25) is 0 Å². The summed E-state index contributed by atoms with van der Waals surface area (Å²) in [5, 5.41) is 10.1. The Morgan fingerprint density at radius 2 is 1.83 bits per heavy atom. The molecule has 1 saturated carbocycles. The fraction of sp³-hybridized carbons (Fsp3) is 0.238. The first-order valence-corrected chi connectivity index (χ1v) is 9.47. The van der Waals surface area contributed by atoms with E-state index in [9.17, 15) is 13.6 Å². The molecule has 2 amide bonds. The van der Waals surface area contributed by atoms with Crippen LogP contribution in [0.4, 0.5) is 25.0 Å². The molecule has 3 atom stereocenters. The molecule has 0 spiro atoms. The summed E-state index contributed by atoms with van der Waals surface area (Å²) in [4.78, 5) is 14.4. The Hall–Kier alpha value is -3.42. The van der Waals surface area contributed by atoms with E-state index in [-0.39, 0.29) is 23.9 Å². The Balaban J connectivity index is 1.20. The van der Waals surface area contributed by atoms with E-state index >= 15 is 0 Å². The first-order valence-electron chi connectivity index (χ1n) is 9.47. The molecule has 2 N–H and O–H groups in total. The lowest BCUT2D eigenvalue weighted by Gasteiger charge is -2.23. The Morgan fingerprint density at radius 1 is 1.03 bits per heavy atom. The van der Waals surface area contributed by atoms with Crippen molar-refractivity contribution in [1.29, 1.82) is 0 Å². The third-order valence-corrected chi connectivity index (χ3v) is 5.65. The third kappa shape index (κ3) is 3.30. The van der Waals surface area contributed by atoms with Gasteiger partial charge in [0, 0.05) is 49.4 Å². The van der Waals surface area contributed by atoms with Crippen LogP contribution in [-0.4, -0.2) is 34.9 Å². The van der Waals surface area contributed by atoms with Gasteiger partial charge in [0.1, 0.15) is 11.6 Å². The van der Waals surface area contributed by atoms with E-state index in [1.807, 2.05) is 41.4 Å². The van der Waals surface area contributed by atoms with Gasteiger partial charge in [0.05, 0.1) is 17.1 Å². The number of carbonyl (C=O) groups is 1. The van der Waals surface area contributed by atoms with E-state index in [0.29, 0.717) is 24.5 Å². The van der Waals surface area contributed by atoms with Gasteiger partial charge in [0.2, 0.25) is 0 Å². The van der Waals surface area contributed by atoms with Crippen molar-refractivity contribution >= 4 is 17.4 Å². The van der Waals surface area contributed by atoms with Gasteiger partial charge in [0.15, 0.2) is 0 Å². The van der Waals surface area contributed by atoms with E-state index in [0.717, 1.165) is 11.8 Å². The van der Waals surface area contributed by atoms with Crippen LogP contribution < -0.4 is 15.5 Å². The number of carbonyl (C=O) groups excluding carboxylic acids is 1. The maximum absolute atomic E-state index is 14.0. The van der Waals surface area contributed by atoms with Crippen LogP contribution in [-0.2, 0) is 0 Å². The van der Waals surface area contributed by atoms with E-state index in [4.69, 9.17) is 0 Å². The fourth-order valence-electron chi connectivity index (χ4n) is 4.18. The molecule has 148 valence electrons. The van der Waals surface area contributed by atoms with Crippen molar-refractivity contribution in [1.82, 2.24) is 15.1 Å². The summed E-state index contributed by atoms with van der Waals surface area (Å²) in [6.07, 6.45) is 3.49. The Morgan fingerprint density at radius 3 is 2.55 bits per heavy atom. The lowest BCUT2D eigenvalue weighted by atomic mass is 10.2. The highest BCUT2D eigenvalue weighted by Gasteiger charge is 2.56. The minimum absolute atomic E-state index is 0.0617. The predicted molar refractivity (Wildman–Crippen MR) is 105 cm³/mol. The van der Waals surface area contributed by atoms with Crippen molar-refractivity contribution in [2.24, 2.45) is 11.8 Å². The van der Waals surface area contributed by atoms with Crippen LogP contribution in [0.25, 0.3) is 5.69 Å². The molecule has 1 aromatic heterocycles. The topological polar surface area (TPSA) is 62.2 Å². The molecule has 1 aliphatic carbocycles. The number of amides is 2. The molecule has 0 bridgehead atoms. The normalized spacial score (nSPS) is 22.3. The number of urea groups is 1. The lowest BCUT2D eigenvalue weighted by molar-refractivity contribution is 0.250. The van der Waals surface area contributed by atoms with Crippen LogP contribution in [0.1, 0.15) is 0 Å². The van der Waals surface area contributed by atoms with Crippen LogP contribution in [0.15, 0.2) is 60.9 Å². The molecule has 5 rings (SSSR count). The van der Waals surface area contributed by atoms with Gasteiger partial charge in [-0.05, 0) is 30.3 Å². The summed E-state index contributed by atoms with van der Waals surface area (Å²) in [5.41, 5.74) is 1.85. The summed E-state index contributed by atoms with van der Waals surface area (Å²) in [6.45, 7) is 1.28. The minimum Gasteiger partial charge on any atom is -0.368 e. The summed E-state index contributed by atoms with van der Waals surface area (Å²) < 4.78 is 28.8. The highest BCUT2D eigenvalue weighted by Crippen LogP contribution is 2.47. The first kappa shape index (κ1) is 17.7. The Kier molecular flexibility index (Phi) is 4.19. The quantitative estimate of drug-likeness (QED) is 0.712. The highest BCUT2D eigenvalue weighted by molar-refractivity contribution is 5.92. The van der Waals surface area contributed by atoms with Gasteiger partial charge in [-0.15, -0.1) is 0 Å². The molecule has 29 heavy (non-hydrogen) atoms. The molecule has 2 fully saturated rings. The molecular weight excluding hydrogens is 376 g/mol. The number of piperidine rings is 1. The van der Waals surface area contributed by atoms with Gasteiger partial charge in [-0.1, -0.05) is 12.1 Å². The summed E-state index contributed by atoms with van der Waals surface area (Å²) in [6, 6.07) is 12.7. The number of nitrogens with zero attached hydrogens (tertiary/aromatic N) is 3. The maximum atomic E-state index is 14.0.